The van der Waals surface area contributed by atoms with E-state index in [0.717, 1.165) is 5.56 Å². The number of rotatable bonds is 2. The van der Waals surface area contributed by atoms with E-state index in [1.165, 1.54) is 0 Å². The molecule has 1 aromatic rings. The summed E-state index contributed by atoms with van der Waals surface area (Å²) in [7, 11) is 0. The lowest BCUT2D eigenvalue weighted by Gasteiger charge is -2.09. The molecule has 2 N–H and O–H groups in total. The number of hydrogen-bond donors (Lipinski definition) is 2. The molecule has 0 heterocycles. The molecule has 0 bridgehead atoms. The van der Waals surface area contributed by atoms with Gasteiger partial charge in [0.2, 0.25) is 0 Å². The Labute approximate surface area is 98.0 Å². The van der Waals surface area contributed by atoms with Gasteiger partial charge in [-0.15, -0.1) is 0 Å². The van der Waals surface area contributed by atoms with E-state index in [-0.39, 0.29) is 0 Å². The van der Waals surface area contributed by atoms with Crippen molar-refractivity contribution in [1.29, 1.82) is 0 Å². The van der Waals surface area contributed by atoms with Crippen molar-refractivity contribution in [1.82, 2.24) is 0 Å². The Morgan fingerprint density at radius 3 is 2.50 bits per heavy atom. The lowest BCUT2D eigenvalue weighted by Crippen LogP contribution is -2.06. The molecule has 0 amide bonds. The Morgan fingerprint density at radius 2 is 1.94 bits per heavy atom. The van der Waals surface area contributed by atoms with Crippen LogP contribution in [0.15, 0.2) is 29.8 Å². The average Bonchev–Trinajstić information content (AvgIpc) is 2.62. The highest BCUT2D eigenvalue weighted by Crippen LogP contribution is 2.34. The molecular weight excluding hydrogens is 228 g/mol. The van der Waals surface area contributed by atoms with Crippen molar-refractivity contribution in [3.05, 3.63) is 40.4 Å². The van der Waals surface area contributed by atoms with Crippen molar-refractivity contribution >= 4 is 23.1 Å². The molecule has 0 aliphatic heterocycles. The molecule has 0 aromatic heterocycles. The Balaban J connectivity index is 2.47. The second-order valence-electron chi connectivity index (χ2n) is 3.76. The number of benzene rings is 1. The van der Waals surface area contributed by atoms with Crippen LogP contribution >= 0.6 is 11.6 Å². The molecule has 1 aliphatic rings. The van der Waals surface area contributed by atoms with Crippen LogP contribution in [0.1, 0.15) is 18.4 Å². The van der Waals surface area contributed by atoms with Gasteiger partial charge in [0, 0.05) is 10.6 Å². The molecule has 0 spiro atoms. The van der Waals surface area contributed by atoms with Crippen molar-refractivity contribution in [3.63, 3.8) is 0 Å². The highest BCUT2D eigenvalue weighted by Gasteiger charge is 2.28. The lowest BCUT2D eigenvalue weighted by atomic mass is 10.0. The third-order valence-corrected chi connectivity index (χ3v) is 2.99. The van der Waals surface area contributed by atoms with E-state index < -0.39 is 12.1 Å². The minimum absolute atomic E-state index is 0.301. The van der Waals surface area contributed by atoms with Gasteiger partial charge in [0.05, 0.1) is 6.10 Å². The van der Waals surface area contributed by atoms with E-state index in [2.05, 4.69) is 0 Å². The minimum Gasteiger partial charge on any atom is -0.478 e. The Bertz CT molecular complexity index is 448. The van der Waals surface area contributed by atoms with E-state index in [1.807, 2.05) is 0 Å². The van der Waals surface area contributed by atoms with Crippen LogP contribution in [0, 0.1) is 0 Å². The quantitative estimate of drug-likeness (QED) is 0.832. The first-order valence-corrected chi connectivity index (χ1v) is 5.37. The maximum absolute atomic E-state index is 11.0. The topological polar surface area (TPSA) is 57.5 Å². The third kappa shape index (κ3) is 1.96. The summed E-state index contributed by atoms with van der Waals surface area (Å²) in [6.07, 6.45) is 0.195. The van der Waals surface area contributed by atoms with Crippen LogP contribution in [0.5, 0.6) is 0 Å². The molecule has 0 radical (unpaired) electrons. The van der Waals surface area contributed by atoms with Gasteiger partial charge in [0.15, 0.2) is 0 Å². The monoisotopic (exact) mass is 238 g/mol. The van der Waals surface area contributed by atoms with Gasteiger partial charge < -0.3 is 10.2 Å². The molecule has 1 aliphatic carbocycles. The summed E-state index contributed by atoms with van der Waals surface area (Å²) in [6, 6.07) is 6.84. The standard InChI is InChI=1S/C12H11ClO3/c13-8-3-1-7(2-4-8)11-9(12(15)16)5-6-10(11)14/h1-4,10,14H,5-6H2,(H,15,16). The normalized spacial score (nSPS) is 20.2. The van der Waals surface area contributed by atoms with Crippen molar-refractivity contribution in [3.8, 4) is 0 Å². The van der Waals surface area contributed by atoms with Crippen LogP contribution in [0.2, 0.25) is 5.02 Å². The first-order valence-electron chi connectivity index (χ1n) is 5.00. The van der Waals surface area contributed by atoms with Gasteiger partial charge in [-0.3, -0.25) is 0 Å². The average molecular weight is 239 g/mol. The minimum atomic E-state index is -0.957. The molecular formula is C12H11ClO3. The van der Waals surface area contributed by atoms with Gasteiger partial charge in [-0.2, -0.15) is 0 Å². The fraction of sp³-hybridized carbons (Fsp3) is 0.250. The van der Waals surface area contributed by atoms with E-state index in [1.54, 1.807) is 24.3 Å². The van der Waals surface area contributed by atoms with E-state index in [9.17, 15) is 9.90 Å². The van der Waals surface area contributed by atoms with Crippen molar-refractivity contribution in [2.45, 2.75) is 18.9 Å². The van der Waals surface area contributed by atoms with Crippen LogP contribution in [0.25, 0.3) is 5.57 Å². The van der Waals surface area contributed by atoms with Gasteiger partial charge in [-0.05, 0) is 36.1 Å². The predicted octanol–water partition coefficient (Wildman–Crippen LogP) is 2.33. The molecule has 1 unspecified atom stereocenters. The number of carboxylic acid groups (broad SMARTS) is 1. The predicted molar refractivity (Wildman–Crippen MR) is 61.2 cm³/mol. The lowest BCUT2D eigenvalue weighted by molar-refractivity contribution is -0.132. The highest BCUT2D eigenvalue weighted by molar-refractivity contribution is 6.30. The number of halogens is 1. The fourth-order valence-electron chi connectivity index (χ4n) is 1.98. The highest BCUT2D eigenvalue weighted by atomic mass is 35.5. The Kier molecular flexibility index (Phi) is 2.99. The number of aliphatic hydroxyl groups is 1. The summed E-state index contributed by atoms with van der Waals surface area (Å²) < 4.78 is 0. The number of aliphatic hydroxyl groups excluding tert-OH is 1. The van der Waals surface area contributed by atoms with Crippen LogP contribution in [0.4, 0.5) is 0 Å². The van der Waals surface area contributed by atoms with E-state index >= 15 is 0 Å². The molecule has 1 aromatic carbocycles. The summed E-state index contributed by atoms with van der Waals surface area (Å²) >= 11 is 5.76. The van der Waals surface area contributed by atoms with Gasteiger partial charge >= 0.3 is 5.97 Å². The van der Waals surface area contributed by atoms with Gasteiger partial charge in [0.1, 0.15) is 0 Å². The molecule has 16 heavy (non-hydrogen) atoms. The number of hydrogen-bond acceptors (Lipinski definition) is 2. The van der Waals surface area contributed by atoms with Gasteiger partial charge in [-0.25, -0.2) is 4.79 Å². The SMILES string of the molecule is O=C(O)C1=C(c2ccc(Cl)cc2)C(O)CC1. The first kappa shape index (κ1) is 11.2. The summed E-state index contributed by atoms with van der Waals surface area (Å²) in [5.41, 5.74) is 1.55. The smallest absolute Gasteiger partial charge is 0.331 e. The fourth-order valence-corrected chi connectivity index (χ4v) is 2.11. The molecule has 2 rings (SSSR count). The van der Waals surface area contributed by atoms with E-state index in [0.29, 0.717) is 29.0 Å². The second-order valence-corrected chi connectivity index (χ2v) is 4.20. The molecule has 3 nitrogen and oxygen atoms in total. The van der Waals surface area contributed by atoms with Crippen LogP contribution in [-0.2, 0) is 4.79 Å². The molecule has 4 heteroatoms. The molecule has 0 saturated heterocycles. The second kappa shape index (κ2) is 4.28. The summed E-state index contributed by atoms with van der Waals surface area (Å²) in [4.78, 5) is 11.0. The Hall–Kier alpha value is -1.32. The van der Waals surface area contributed by atoms with Crippen molar-refractivity contribution in [2.75, 3.05) is 0 Å². The number of carboxylic acids is 1. The van der Waals surface area contributed by atoms with Crippen molar-refractivity contribution < 1.29 is 15.0 Å². The van der Waals surface area contributed by atoms with E-state index in [4.69, 9.17) is 16.7 Å². The molecule has 0 saturated carbocycles. The molecule has 84 valence electrons. The maximum Gasteiger partial charge on any atom is 0.331 e. The van der Waals surface area contributed by atoms with Crippen LogP contribution in [-0.4, -0.2) is 22.3 Å². The van der Waals surface area contributed by atoms with Crippen molar-refractivity contribution in [2.24, 2.45) is 0 Å². The first-order chi connectivity index (χ1) is 7.59. The van der Waals surface area contributed by atoms with Gasteiger partial charge in [-0.1, -0.05) is 23.7 Å². The summed E-state index contributed by atoms with van der Waals surface area (Å²) in [5.74, 6) is -0.957. The van der Waals surface area contributed by atoms with Crippen LogP contribution in [0.3, 0.4) is 0 Å². The number of aliphatic carboxylic acids is 1. The summed E-state index contributed by atoms with van der Waals surface area (Å²) in [6.45, 7) is 0. The van der Waals surface area contributed by atoms with Gasteiger partial charge in [0.25, 0.3) is 0 Å². The largest absolute Gasteiger partial charge is 0.478 e. The molecule has 1 atom stereocenters. The Morgan fingerprint density at radius 1 is 1.31 bits per heavy atom. The zero-order valence-electron chi connectivity index (χ0n) is 8.48. The zero-order valence-corrected chi connectivity index (χ0v) is 9.24. The van der Waals surface area contributed by atoms with Crippen LogP contribution < -0.4 is 0 Å². The third-order valence-electron chi connectivity index (χ3n) is 2.74. The maximum atomic E-state index is 11.0. The molecule has 0 fully saturated rings. The zero-order chi connectivity index (χ0) is 11.7. The summed E-state index contributed by atoms with van der Waals surface area (Å²) in [5, 5.41) is 19.4. The number of carbonyl (C=O) groups is 1.